The summed E-state index contributed by atoms with van der Waals surface area (Å²) in [5.41, 5.74) is 2.88. The zero-order valence-electron chi connectivity index (χ0n) is 12.3. The highest BCUT2D eigenvalue weighted by atomic mass is 16.2. The Bertz CT molecular complexity index is 468. The number of carbonyl (C=O) groups excluding carboxylic acids is 1. The number of hydrogen-bond acceptors (Lipinski definition) is 2. The Balaban J connectivity index is 2.17. The summed E-state index contributed by atoms with van der Waals surface area (Å²) in [7, 11) is 0. The highest BCUT2D eigenvalue weighted by Gasteiger charge is 2.39. The first-order chi connectivity index (χ1) is 8.95. The van der Waals surface area contributed by atoms with E-state index in [1.54, 1.807) is 0 Å². The topological polar surface area (TPSA) is 41.1 Å². The second-order valence-corrected chi connectivity index (χ2v) is 6.08. The molecule has 3 nitrogen and oxygen atoms in total. The van der Waals surface area contributed by atoms with E-state index in [0.29, 0.717) is 6.54 Å². The van der Waals surface area contributed by atoms with Gasteiger partial charge in [0.25, 0.3) is 0 Å². The molecule has 0 saturated heterocycles. The van der Waals surface area contributed by atoms with Crippen LogP contribution in [0.25, 0.3) is 0 Å². The first kappa shape index (κ1) is 14.1. The second kappa shape index (κ2) is 5.33. The molecule has 2 atom stereocenters. The summed E-state index contributed by atoms with van der Waals surface area (Å²) in [4.78, 5) is 11.9. The molecule has 0 radical (unpaired) electrons. The SMILES string of the molecule is CCNC(=O)C(C)NC1c2ccccc2CC1(C)C. The summed E-state index contributed by atoms with van der Waals surface area (Å²) in [5.74, 6) is 0.0719. The largest absolute Gasteiger partial charge is 0.355 e. The number of hydrogen-bond donors (Lipinski definition) is 2. The number of likely N-dealkylation sites (N-methyl/N-ethyl adjacent to an activating group) is 1. The van der Waals surface area contributed by atoms with Gasteiger partial charge in [0.05, 0.1) is 6.04 Å². The molecule has 1 aromatic carbocycles. The van der Waals surface area contributed by atoms with E-state index in [4.69, 9.17) is 0 Å². The van der Waals surface area contributed by atoms with Gasteiger partial charge in [-0.25, -0.2) is 0 Å². The van der Waals surface area contributed by atoms with Crippen molar-refractivity contribution in [1.29, 1.82) is 0 Å². The van der Waals surface area contributed by atoms with Gasteiger partial charge in [0, 0.05) is 12.6 Å². The smallest absolute Gasteiger partial charge is 0.236 e. The van der Waals surface area contributed by atoms with Crippen LogP contribution in [0, 0.1) is 5.41 Å². The number of carbonyl (C=O) groups is 1. The van der Waals surface area contributed by atoms with E-state index in [1.165, 1.54) is 11.1 Å². The highest BCUT2D eigenvalue weighted by molar-refractivity contribution is 5.81. The van der Waals surface area contributed by atoms with Crippen molar-refractivity contribution in [3.8, 4) is 0 Å². The molecule has 0 saturated carbocycles. The highest BCUT2D eigenvalue weighted by Crippen LogP contribution is 2.45. The summed E-state index contributed by atoms with van der Waals surface area (Å²) in [6, 6.07) is 8.59. The first-order valence-electron chi connectivity index (χ1n) is 7.07. The lowest BCUT2D eigenvalue weighted by atomic mass is 9.85. The van der Waals surface area contributed by atoms with Crippen molar-refractivity contribution in [3.63, 3.8) is 0 Å². The molecular formula is C16H24N2O. The Labute approximate surface area is 115 Å². The van der Waals surface area contributed by atoms with Crippen LogP contribution in [0.15, 0.2) is 24.3 Å². The van der Waals surface area contributed by atoms with Crippen molar-refractivity contribution in [1.82, 2.24) is 10.6 Å². The molecule has 0 aromatic heterocycles. The lowest BCUT2D eigenvalue weighted by molar-refractivity contribution is -0.123. The van der Waals surface area contributed by atoms with Gasteiger partial charge in [0.2, 0.25) is 5.91 Å². The third-order valence-electron chi connectivity index (χ3n) is 3.95. The summed E-state index contributed by atoms with van der Waals surface area (Å²) in [5, 5.41) is 6.37. The van der Waals surface area contributed by atoms with Crippen LogP contribution in [0.1, 0.15) is 44.9 Å². The fraction of sp³-hybridized carbons (Fsp3) is 0.562. The Hall–Kier alpha value is -1.35. The van der Waals surface area contributed by atoms with Gasteiger partial charge in [-0.2, -0.15) is 0 Å². The molecule has 0 bridgehead atoms. The fourth-order valence-corrected chi connectivity index (χ4v) is 2.96. The Morgan fingerprint density at radius 3 is 2.79 bits per heavy atom. The number of fused-ring (bicyclic) bond motifs is 1. The maximum absolute atomic E-state index is 11.9. The average molecular weight is 260 g/mol. The van der Waals surface area contributed by atoms with Crippen LogP contribution in [-0.2, 0) is 11.2 Å². The molecule has 2 N–H and O–H groups in total. The average Bonchev–Trinajstić information content (AvgIpc) is 2.61. The summed E-state index contributed by atoms with van der Waals surface area (Å²) in [6.45, 7) is 9.07. The fourth-order valence-electron chi connectivity index (χ4n) is 2.96. The van der Waals surface area contributed by atoms with Crippen LogP contribution in [0.4, 0.5) is 0 Å². The molecule has 2 rings (SSSR count). The molecule has 1 aliphatic carbocycles. The zero-order valence-corrected chi connectivity index (χ0v) is 12.3. The van der Waals surface area contributed by atoms with Gasteiger partial charge < -0.3 is 5.32 Å². The number of benzene rings is 1. The van der Waals surface area contributed by atoms with Crippen LogP contribution >= 0.6 is 0 Å². The zero-order chi connectivity index (χ0) is 14.0. The van der Waals surface area contributed by atoms with Gasteiger partial charge in [-0.05, 0) is 36.8 Å². The molecule has 104 valence electrons. The monoisotopic (exact) mass is 260 g/mol. The van der Waals surface area contributed by atoms with E-state index >= 15 is 0 Å². The molecule has 0 heterocycles. The standard InChI is InChI=1S/C16H24N2O/c1-5-17-15(19)11(2)18-14-13-9-7-6-8-12(13)10-16(14,3)4/h6-9,11,14,18H,5,10H2,1-4H3,(H,17,19). The predicted molar refractivity (Wildman–Crippen MR) is 77.9 cm³/mol. The van der Waals surface area contributed by atoms with Gasteiger partial charge in [-0.3, -0.25) is 10.1 Å². The maximum atomic E-state index is 11.9. The van der Waals surface area contributed by atoms with Crippen molar-refractivity contribution in [2.45, 2.75) is 46.2 Å². The van der Waals surface area contributed by atoms with Crippen molar-refractivity contribution in [3.05, 3.63) is 35.4 Å². The minimum Gasteiger partial charge on any atom is -0.355 e. The molecule has 2 unspecified atom stereocenters. The Morgan fingerprint density at radius 1 is 1.42 bits per heavy atom. The summed E-state index contributed by atoms with van der Waals surface area (Å²) < 4.78 is 0. The van der Waals surface area contributed by atoms with Gasteiger partial charge in [-0.1, -0.05) is 38.1 Å². The van der Waals surface area contributed by atoms with Crippen LogP contribution < -0.4 is 10.6 Å². The van der Waals surface area contributed by atoms with Crippen molar-refractivity contribution >= 4 is 5.91 Å². The van der Waals surface area contributed by atoms with Crippen LogP contribution in [0.5, 0.6) is 0 Å². The van der Waals surface area contributed by atoms with Gasteiger partial charge in [-0.15, -0.1) is 0 Å². The molecule has 1 amide bonds. The van der Waals surface area contributed by atoms with E-state index in [-0.39, 0.29) is 23.4 Å². The Kier molecular flexibility index (Phi) is 3.95. The van der Waals surface area contributed by atoms with E-state index < -0.39 is 0 Å². The molecular weight excluding hydrogens is 236 g/mol. The minimum absolute atomic E-state index is 0.0719. The molecule has 1 aliphatic rings. The number of nitrogens with one attached hydrogen (secondary N) is 2. The second-order valence-electron chi connectivity index (χ2n) is 6.08. The van der Waals surface area contributed by atoms with Gasteiger partial charge >= 0.3 is 0 Å². The third kappa shape index (κ3) is 2.81. The first-order valence-corrected chi connectivity index (χ1v) is 7.07. The van der Waals surface area contributed by atoms with E-state index in [9.17, 15) is 4.79 Å². The third-order valence-corrected chi connectivity index (χ3v) is 3.95. The quantitative estimate of drug-likeness (QED) is 0.873. The number of amides is 1. The molecule has 0 aliphatic heterocycles. The van der Waals surface area contributed by atoms with E-state index in [0.717, 1.165) is 6.42 Å². The normalized spacial score (nSPS) is 21.8. The molecule has 0 fully saturated rings. The summed E-state index contributed by atoms with van der Waals surface area (Å²) in [6.07, 6.45) is 1.06. The van der Waals surface area contributed by atoms with Gasteiger partial charge in [0.15, 0.2) is 0 Å². The Morgan fingerprint density at radius 2 is 2.11 bits per heavy atom. The lowest BCUT2D eigenvalue weighted by Gasteiger charge is -2.31. The van der Waals surface area contributed by atoms with Gasteiger partial charge in [0.1, 0.15) is 0 Å². The van der Waals surface area contributed by atoms with Crippen LogP contribution in [-0.4, -0.2) is 18.5 Å². The van der Waals surface area contributed by atoms with E-state index in [1.807, 2.05) is 13.8 Å². The van der Waals surface area contributed by atoms with E-state index in [2.05, 4.69) is 48.7 Å². The lowest BCUT2D eigenvalue weighted by Crippen LogP contribution is -2.46. The van der Waals surface area contributed by atoms with Crippen LogP contribution in [0.2, 0.25) is 0 Å². The minimum atomic E-state index is -0.171. The maximum Gasteiger partial charge on any atom is 0.236 e. The summed E-state index contributed by atoms with van der Waals surface area (Å²) >= 11 is 0. The van der Waals surface area contributed by atoms with Crippen molar-refractivity contribution in [2.75, 3.05) is 6.54 Å². The molecule has 3 heteroatoms. The van der Waals surface area contributed by atoms with Crippen molar-refractivity contribution < 1.29 is 4.79 Å². The van der Waals surface area contributed by atoms with Crippen LogP contribution in [0.3, 0.4) is 0 Å². The predicted octanol–water partition coefficient (Wildman–Crippen LogP) is 2.42. The molecule has 1 aromatic rings. The molecule has 0 spiro atoms. The number of rotatable bonds is 4. The molecule has 19 heavy (non-hydrogen) atoms. The van der Waals surface area contributed by atoms with Crippen molar-refractivity contribution in [2.24, 2.45) is 5.41 Å².